The highest BCUT2D eigenvalue weighted by molar-refractivity contribution is 5.58. The lowest BCUT2D eigenvalue weighted by atomic mass is 10.3. The number of nitrogens with one attached hydrogen (secondary N) is 2. The third-order valence-corrected chi connectivity index (χ3v) is 1.99. The number of aromatic nitrogens is 2. The van der Waals surface area contributed by atoms with Crippen LogP contribution in [0.15, 0.2) is 18.6 Å². The molecule has 2 N–H and O–H groups in total. The third kappa shape index (κ3) is 1.71. The van der Waals surface area contributed by atoms with Crippen LogP contribution in [0.2, 0.25) is 0 Å². The fourth-order valence-electron chi connectivity index (χ4n) is 1.33. The van der Waals surface area contributed by atoms with Gasteiger partial charge in [-0.3, -0.25) is 10.6 Å². The summed E-state index contributed by atoms with van der Waals surface area (Å²) in [4.78, 5) is 18.3. The zero-order valence-electron chi connectivity index (χ0n) is 6.97. The number of aldehydes is 1. The second-order valence-electron chi connectivity index (χ2n) is 2.88. The van der Waals surface area contributed by atoms with Crippen LogP contribution in [0.1, 0.15) is 11.9 Å². The van der Waals surface area contributed by atoms with E-state index in [0.29, 0.717) is 6.54 Å². The van der Waals surface area contributed by atoms with Crippen LogP contribution in [0.25, 0.3) is 0 Å². The molecule has 1 aliphatic heterocycles. The molecular weight excluding hydrogens is 168 g/mol. The summed E-state index contributed by atoms with van der Waals surface area (Å²) in [5, 5.41) is 6.23. The van der Waals surface area contributed by atoms with E-state index in [9.17, 15) is 4.79 Å². The van der Waals surface area contributed by atoms with Crippen molar-refractivity contribution < 1.29 is 4.79 Å². The number of hydrogen-bond donors (Lipinski definition) is 2. The smallest absolute Gasteiger partial charge is 0.138 e. The number of nitrogens with zero attached hydrogens (tertiary/aromatic N) is 2. The minimum atomic E-state index is -0.111. The van der Waals surface area contributed by atoms with Crippen molar-refractivity contribution in [3.63, 3.8) is 0 Å². The van der Waals surface area contributed by atoms with E-state index in [2.05, 4.69) is 20.6 Å². The predicted octanol–water partition coefficient (Wildman–Crippen LogP) is -0.765. The van der Waals surface area contributed by atoms with Crippen molar-refractivity contribution in [2.24, 2.45) is 0 Å². The molecule has 0 bridgehead atoms. The first-order valence-electron chi connectivity index (χ1n) is 4.11. The molecule has 0 spiro atoms. The van der Waals surface area contributed by atoms with E-state index in [-0.39, 0.29) is 12.2 Å². The number of carbonyl (C=O) groups is 1. The van der Waals surface area contributed by atoms with Crippen molar-refractivity contribution >= 4 is 6.29 Å². The Balaban J connectivity index is 2.08. The molecule has 0 amide bonds. The molecule has 2 rings (SSSR count). The van der Waals surface area contributed by atoms with Gasteiger partial charge in [0.2, 0.25) is 0 Å². The van der Waals surface area contributed by atoms with E-state index in [1.165, 1.54) is 6.33 Å². The maximum absolute atomic E-state index is 10.4. The van der Waals surface area contributed by atoms with E-state index < -0.39 is 0 Å². The van der Waals surface area contributed by atoms with Gasteiger partial charge in [-0.05, 0) is 6.07 Å². The standard InChI is InChI=1S/C8H10N4O/c13-4-6-3-10-8(12-6)7-1-2-9-5-11-7/h1-2,4-6,8,10,12H,3H2. The normalized spacial score (nSPS) is 27.4. The molecule has 1 fully saturated rings. The van der Waals surface area contributed by atoms with Crippen LogP contribution in [-0.2, 0) is 4.79 Å². The van der Waals surface area contributed by atoms with Gasteiger partial charge in [0.25, 0.3) is 0 Å². The Kier molecular flexibility index (Phi) is 2.29. The molecule has 1 saturated heterocycles. The van der Waals surface area contributed by atoms with E-state index in [0.717, 1.165) is 12.0 Å². The molecule has 68 valence electrons. The van der Waals surface area contributed by atoms with Crippen LogP contribution in [-0.4, -0.2) is 28.8 Å². The highest BCUT2D eigenvalue weighted by Crippen LogP contribution is 2.09. The summed E-state index contributed by atoms with van der Waals surface area (Å²) in [6.45, 7) is 0.651. The Morgan fingerprint density at radius 2 is 2.54 bits per heavy atom. The summed E-state index contributed by atoms with van der Waals surface area (Å²) in [6, 6.07) is 1.71. The van der Waals surface area contributed by atoms with Crippen molar-refractivity contribution in [2.45, 2.75) is 12.2 Å². The third-order valence-electron chi connectivity index (χ3n) is 1.99. The van der Waals surface area contributed by atoms with Gasteiger partial charge < -0.3 is 4.79 Å². The number of hydrogen-bond acceptors (Lipinski definition) is 5. The number of rotatable bonds is 2. The summed E-state index contributed by atoms with van der Waals surface area (Å²) < 4.78 is 0. The Bertz CT molecular complexity index is 289. The lowest BCUT2D eigenvalue weighted by Crippen LogP contribution is -2.27. The molecule has 1 aromatic rings. The average molecular weight is 178 g/mol. The fourth-order valence-corrected chi connectivity index (χ4v) is 1.33. The molecular formula is C8H10N4O. The van der Waals surface area contributed by atoms with Gasteiger partial charge in [0, 0.05) is 12.7 Å². The first kappa shape index (κ1) is 8.28. The summed E-state index contributed by atoms with van der Waals surface area (Å²) in [7, 11) is 0. The highest BCUT2D eigenvalue weighted by atomic mass is 16.1. The van der Waals surface area contributed by atoms with Gasteiger partial charge in [0.15, 0.2) is 0 Å². The fraction of sp³-hybridized carbons (Fsp3) is 0.375. The molecule has 1 aromatic heterocycles. The second kappa shape index (κ2) is 3.59. The summed E-state index contributed by atoms with van der Waals surface area (Å²) in [6.07, 6.45) is 4.04. The van der Waals surface area contributed by atoms with Gasteiger partial charge >= 0.3 is 0 Å². The number of carbonyl (C=O) groups excluding carboxylic acids is 1. The summed E-state index contributed by atoms with van der Waals surface area (Å²) in [5.74, 6) is 0. The minimum absolute atomic E-state index is 0.0294. The Morgan fingerprint density at radius 3 is 3.15 bits per heavy atom. The van der Waals surface area contributed by atoms with Crippen LogP contribution in [0.5, 0.6) is 0 Å². The quantitative estimate of drug-likeness (QED) is 0.582. The van der Waals surface area contributed by atoms with Crippen molar-refractivity contribution in [1.82, 2.24) is 20.6 Å². The van der Waals surface area contributed by atoms with Gasteiger partial charge in [0.1, 0.15) is 18.8 Å². The van der Waals surface area contributed by atoms with E-state index in [1.54, 1.807) is 6.20 Å². The molecule has 2 heterocycles. The molecule has 5 heteroatoms. The van der Waals surface area contributed by atoms with E-state index in [4.69, 9.17) is 0 Å². The van der Waals surface area contributed by atoms with Crippen LogP contribution >= 0.6 is 0 Å². The van der Waals surface area contributed by atoms with Crippen molar-refractivity contribution in [3.05, 3.63) is 24.3 Å². The lowest BCUT2D eigenvalue weighted by Gasteiger charge is -2.09. The maximum Gasteiger partial charge on any atom is 0.138 e. The summed E-state index contributed by atoms with van der Waals surface area (Å²) >= 11 is 0. The van der Waals surface area contributed by atoms with Gasteiger partial charge in [-0.25, -0.2) is 9.97 Å². The van der Waals surface area contributed by atoms with E-state index in [1.807, 2.05) is 6.07 Å². The molecule has 2 unspecified atom stereocenters. The molecule has 5 nitrogen and oxygen atoms in total. The van der Waals surface area contributed by atoms with Crippen molar-refractivity contribution in [1.29, 1.82) is 0 Å². The molecule has 0 radical (unpaired) electrons. The first-order valence-corrected chi connectivity index (χ1v) is 4.11. The largest absolute Gasteiger partial charge is 0.302 e. The topological polar surface area (TPSA) is 66.9 Å². The highest BCUT2D eigenvalue weighted by Gasteiger charge is 2.23. The van der Waals surface area contributed by atoms with Crippen molar-refractivity contribution in [2.75, 3.05) is 6.54 Å². The van der Waals surface area contributed by atoms with E-state index >= 15 is 0 Å². The van der Waals surface area contributed by atoms with Crippen LogP contribution in [0.3, 0.4) is 0 Å². The van der Waals surface area contributed by atoms with Gasteiger partial charge in [-0.15, -0.1) is 0 Å². The Morgan fingerprint density at radius 1 is 1.62 bits per heavy atom. The van der Waals surface area contributed by atoms with Crippen LogP contribution in [0, 0.1) is 0 Å². The molecule has 1 aliphatic rings. The maximum atomic E-state index is 10.4. The second-order valence-corrected chi connectivity index (χ2v) is 2.88. The van der Waals surface area contributed by atoms with Crippen LogP contribution in [0.4, 0.5) is 0 Å². The minimum Gasteiger partial charge on any atom is -0.302 e. The summed E-state index contributed by atoms with van der Waals surface area (Å²) in [5.41, 5.74) is 0.861. The first-order chi connectivity index (χ1) is 6.40. The molecule has 13 heavy (non-hydrogen) atoms. The SMILES string of the molecule is O=CC1CNC(c2ccncn2)N1. The van der Waals surface area contributed by atoms with Crippen LogP contribution < -0.4 is 10.6 Å². The molecule has 0 aliphatic carbocycles. The Hall–Kier alpha value is -1.33. The van der Waals surface area contributed by atoms with Gasteiger partial charge in [0.05, 0.1) is 11.7 Å². The Labute approximate surface area is 75.6 Å². The van der Waals surface area contributed by atoms with Crippen molar-refractivity contribution in [3.8, 4) is 0 Å². The lowest BCUT2D eigenvalue weighted by molar-refractivity contribution is -0.109. The molecule has 0 aromatic carbocycles. The zero-order chi connectivity index (χ0) is 9.10. The predicted molar refractivity (Wildman–Crippen MR) is 45.8 cm³/mol. The van der Waals surface area contributed by atoms with Gasteiger partial charge in [-0.2, -0.15) is 0 Å². The average Bonchev–Trinajstić information content (AvgIpc) is 2.67. The monoisotopic (exact) mass is 178 g/mol. The zero-order valence-corrected chi connectivity index (χ0v) is 6.97. The molecule has 0 saturated carbocycles. The van der Waals surface area contributed by atoms with Gasteiger partial charge in [-0.1, -0.05) is 0 Å². The molecule has 2 atom stereocenters.